The second kappa shape index (κ2) is 6.60. The van der Waals surface area contributed by atoms with Gasteiger partial charge in [-0.15, -0.1) is 5.10 Å². The molecule has 122 valence electrons. The first-order valence-corrected chi connectivity index (χ1v) is 7.34. The number of carbonyl (C=O) groups is 2. The number of hydrogen-bond acceptors (Lipinski definition) is 4. The van der Waals surface area contributed by atoms with Crippen LogP contribution in [0, 0.1) is 19.8 Å². The highest BCUT2D eigenvalue weighted by Crippen LogP contribution is 2.14. The molecule has 7 heteroatoms. The van der Waals surface area contributed by atoms with Crippen LogP contribution in [0.4, 0.5) is 0 Å². The first-order chi connectivity index (χ1) is 10.8. The summed E-state index contributed by atoms with van der Waals surface area (Å²) < 4.78 is 1.56. The monoisotopic (exact) mass is 316 g/mol. The van der Waals surface area contributed by atoms with Crippen LogP contribution in [-0.2, 0) is 4.79 Å². The lowest BCUT2D eigenvalue weighted by atomic mass is 10.0. The maximum Gasteiger partial charge on any atom is 0.326 e. The molecule has 0 aliphatic carbocycles. The summed E-state index contributed by atoms with van der Waals surface area (Å²) in [6.45, 7) is 7.15. The predicted molar refractivity (Wildman–Crippen MR) is 84.6 cm³/mol. The average molecular weight is 316 g/mol. The van der Waals surface area contributed by atoms with Crippen molar-refractivity contribution in [2.45, 2.75) is 33.7 Å². The maximum atomic E-state index is 12.3. The number of aryl methyl sites for hydroxylation is 1. The van der Waals surface area contributed by atoms with Gasteiger partial charge in [0.25, 0.3) is 5.91 Å². The molecule has 2 aromatic rings. The Bertz CT molecular complexity index is 737. The zero-order valence-electron chi connectivity index (χ0n) is 13.6. The predicted octanol–water partition coefficient (Wildman–Crippen LogP) is 1.72. The van der Waals surface area contributed by atoms with Crippen molar-refractivity contribution in [3.63, 3.8) is 0 Å². The van der Waals surface area contributed by atoms with Crippen LogP contribution in [0.2, 0.25) is 0 Å². The molecule has 0 saturated heterocycles. The highest BCUT2D eigenvalue weighted by molar-refractivity contribution is 5.95. The van der Waals surface area contributed by atoms with E-state index in [-0.39, 0.29) is 11.6 Å². The number of aromatic nitrogens is 3. The van der Waals surface area contributed by atoms with Crippen molar-refractivity contribution >= 4 is 11.9 Å². The van der Waals surface area contributed by atoms with Gasteiger partial charge in [0, 0.05) is 0 Å². The molecule has 7 nitrogen and oxygen atoms in total. The van der Waals surface area contributed by atoms with E-state index < -0.39 is 17.9 Å². The summed E-state index contributed by atoms with van der Waals surface area (Å²) >= 11 is 0. The first kappa shape index (κ1) is 16.7. The summed E-state index contributed by atoms with van der Waals surface area (Å²) in [6, 6.07) is 6.68. The van der Waals surface area contributed by atoms with E-state index in [2.05, 4.69) is 15.6 Å². The van der Waals surface area contributed by atoms with Gasteiger partial charge in [-0.1, -0.05) is 31.2 Å². The van der Waals surface area contributed by atoms with Crippen LogP contribution in [0.3, 0.4) is 0 Å². The lowest BCUT2D eigenvalue weighted by molar-refractivity contribution is -0.140. The number of nitrogens with one attached hydrogen (secondary N) is 1. The van der Waals surface area contributed by atoms with Crippen LogP contribution in [0.25, 0.3) is 5.69 Å². The molecule has 2 N–H and O–H groups in total. The molecule has 1 aromatic heterocycles. The minimum atomic E-state index is -1.07. The molecule has 1 heterocycles. The average Bonchev–Trinajstić information content (AvgIpc) is 2.85. The Labute approximate surface area is 134 Å². The Hall–Kier alpha value is -2.70. The molecule has 0 radical (unpaired) electrons. The SMILES string of the molecule is Cc1cccc(-n2nnc(C(=O)NC(C(=O)O)C(C)C)c2C)c1. The van der Waals surface area contributed by atoms with Crippen LogP contribution >= 0.6 is 0 Å². The second-order valence-corrected chi connectivity index (χ2v) is 5.81. The third-order valence-electron chi connectivity index (χ3n) is 3.58. The second-order valence-electron chi connectivity index (χ2n) is 5.81. The van der Waals surface area contributed by atoms with E-state index in [9.17, 15) is 9.59 Å². The van der Waals surface area contributed by atoms with Gasteiger partial charge in [-0.25, -0.2) is 9.48 Å². The highest BCUT2D eigenvalue weighted by Gasteiger charge is 2.26. The van der Waals surface area contributed by atoms with Gasteiger partial charge in [0.15, 0.2) is 5.69 Å². The number of aliphatic carboxylic acids is 1. The molecular weight excluding hydrogens is 296 g/mol. The molecule has 23 heavy (non-hydrogen) atoms. The molecule has 1 amide bonds. The van der Waals surface area contributed by atoms with Crippen LogP contribution in [0.15, 0.2) is 24.3 Å². The fraction of sp³-hybridized carbons (Fsp3) is 0.375. The maximum absolute atomic E-state index is 12.3. The molecule has 1 unspecified atom stereocenters. The van der Waals surface area contributed by atoms with Crippen molar-refractivity contribution in [2.24, 2.45) is 5.92 Å². The third-order valence-corrected chi connectivity index (χ3v) is 3.58. The van der Waals surface area contributed by atoms with Crippen molar-refractivity contribution in [1.82, 2.24) is 20.3 Å². The summed E-state index contributed by atoms with van der Waals surface area (Å²) in [6.07, 6.45) is 0. The lowest BCUT2D eigenvalue weighted by Crippen LogP contribution is -2.44. The largest absolute Gasteiger partial charge is 0.480 e. The fourth-order valence-corrected chi connectivity index (χ4v) is 2.27. The van der Waals surface area contributed by atoms with Crippen molar-refractivity contribution < 1.29 is 14.7 Å². The minimum absolute atomic E-state index is 0.124. The van der Waals surface area contributed by atoms with E-state index in [1.165, 1.54) is 0 Å². The zero-order chi connectivity index (χ0) is 17.1. The summed E-state index contributed by atoms with van der Waals surface area (Å²) in [7, 11) is 0. The Morgan fingerprint density at radius 3 is 2.52 bits per heavy atom. The van der Waals surface area contributed by atoms with Gasteiger partial charge >= 0.3 is 5.97 Å². The first-order valence-electron chi connectivity index (χ1n) is 7.34. The van der Waals surface area contributed by atoms with Gasteiger partial charge in [-0.3, -0.25) is 4.79 Å². The third kappa shape index (κ3) is 3.56. The number of carboxylic acid groups (broad SMARTS) is 1. The van der Waals surface area contributed by atoms with E-state index in [0.29, 0.717) is 5.69 Å². The van der Waals surface area contributed by atoms with Crippen molar-refractivity contribution in [1.29, 1.82) is 0 Å². The standard InChI is InChI=1S/C16H20N4O3/c1-9(2)13(16(22)23)17-15(21)14-11(4)20(19-18-14)12-7-5-6-10(3)8-12/h5-9,13H,1-4H3,(H,17,21)(H,22,23). The summed E-state index contributed by atoms with van der Waals surface area (Å²) in [5, 5.41) is 19.6. The van der Waals surface area contributed by atoms with E-state index in [1.54, 1.807) is 25.5 Å². The molecule has 0 aliphatic heterocycles. The Morgan fingerprint density at radius 2 is 1.96 bits per heavy atom. The Morgan fingerprint density at radius 1 is 1.26 bits per heavy atom. The molecule has 0 fully saturated rings. The smallest absolute Gasteiger partial charge is 0.326 e. The zero-order valence-corrected chi connectivity index (χ0v) is 13.6. The quantitative estimate of drug-likeness (QED) is 0.875. The summed E-state index contributed by atoms with van der Waals surface area (Å²) in [5.74, 6) is -1.84. The van der Waals surface area contributed by atoms with Crippen LogP contribution in [-0.4, -0.2) is 38.0 Å². The Balaban J connectivity index is 2.28. The number of nitrogens with zero attached hydrogens (tertiary/aromatic N) is 3. The number of hydrogen-bond donors (Lipinski definition) is 2. The Kier molecular flexibility index (Phi) is 4.78. The number of amides is 1. The molecule has 0 spiro atoms. The van der Waals surface area contributed by atoms with Gasteiger partial charge in [0.1, 0.15) is 6.04 Å². The number of benzene rings is 1. The van der Waals surface area contributed by atoms with Crippen molar-refractivity contribution in [3.05, 3.63) is 41.2 Å². The lowest BCUT2D eigenvalue weighted by Gasteiger charge is -2.17. The number of carbonyl (C=O) groups excluding carboxylic acids is 1. The van der Waals surface area contributed by atoms with E-state index in [4.69, 9.17) is 5.11 Å². The van der Waals surface area contributed by atoms with E-state index in [1.807, 2.05) is 31.2 Å². The van der Waals surface area contributed by atoms with Gasteiger partial charge in [-0.05, 0) is 37.5 Å². The van der Waals surface area contributed by atoms with Gasteiger partial charge in [0.05, 0.1) is 11.4 Å². The summed E-state index contributed by atoms with van der Waals surface area (Å²) in [5.41, 5.74) is 2.54. The van der Waals surface area contributed by atoms with Gasteiger partial charge in [-0.2, -0.15) is 0 Å². The highest BCUT2D eigenvalue weighted by atomic mass is 16.4. The summed E-state index contributed by atoms with van der Waals surface area (Å²) in [4.78, 5) is 23.5. The van der Waals surface area contributed by atoms with Crippen LogP contribution in [0.5, 0.6) is 0 Å². The molecule has 1 atom stereocenters. The minimum Gasteiger partial charge on any atom is -0.480 e. The fourth-order valence-electron chi connectivity index (χ4n) is 2.27. The molecule has 0 saturated carbocycles. The van der Waals surface area contributed by atoms with Crippen molar-refractivity contribution in [2.75, 3.05) is 0 Å². The topological polar surface area (TPSA) is 97.1 Å². The van der Waals surface area contributed by atoms with Gasteiger partial charge < -0.3 is 10.4 Å². The number of rotatable bonds is 5. The molecule has 0 aliphatic rings. The molecule has 1 aromatic carbocycles. The van der Waals surface area contributed by atoms with Crippen LogP contribution < -0.4 is 5.32 Å². The van der Waals surface area contributed by atoms with Gasteiger partial charge in [0.2, 0.25) is 0 Å². The van der Waals surface area contributed by atoms with E-state index in [0.717, 1.165) is 11.3 Å². The number of carboxylic acids is 1. The molecule has 0 bridgehead atoms. The molecular formula is C16H20N4O3. The van der Waals surface area contributed by atoms with Crippen LogP contribution in [0.1, 0.15) is 35.6 Å². The molecule has 2 rings (SSSR count). The van der Waals surface area contributed by atoms with Crippen molar-refractivity contribution in [3.8, 4) is 5.69 Å². The van der Waals surface area contributed by atoms with E-state index >= 15 is 0 Å². The normalized spacial score (nSPS) is 12.2.